The predicted octanol–water partition coefficient (Wildman–Crippen LogP) is 4.49. The highest BCUT2D eigenvalue weighted by Gasteiger charge is 2.49. The Balaban J connectivity index is 1.56. The van der Waals surface area contributed by atoms with Crippen molar-refractivity contribution in [3.8, 4) is 11.9 Å². The molecule has 1 saturated carbocycles. The van der Waals surface area contributed by atoms with Crippen molar-refractivity contribution in [2.75, 3.05) is 13.1 Å². The third-order valence-electron chi connectivity index (χ3n) is 8.43. The number of nitrogens with one attached hydrogen (secondary N) is 1. The lowest BCUT2D eigenvalue weighted by Crippen LogP contribution is -2.48. The molecular formula is C30H35F2N5O5. The Labute approximate surface area is 242 Å². The second-order valence-electron chi connectivity index (χ2n) is 11.7. The van der Waals surface area contributed by atoms with E-state index in [9.17, 15) is 19.6 Å². The number of alkyl halides is 2. The van der Waals surface area contributed by atoms with E-state index in [4.69, 9.17) is 9.47 Å². The van der Waals surface area contributed by atoms with Crippen molar-refractivity contribution in [3.05, 3.63) is 29.5 Å². The number of fused-ring (bicyclic) bond motifs is 5. The minimum Gasteiger partial charge on any atom is -0.471 e. The van der Waals surface area contributed by atoms with Gasteiger partial charge in [-0.15, -0.1) is 0 Å². The Morgan fingerprint density at radius 2 is 1.98 bits per heavy atom. The van der Waals surface area contributed by atoms with Gasteiger partial charge in [-0.3, -0.25) is 9.59 Å². The molecule has 5 atom stereocenters. The zero-order valence-corrected chi connectivity index (χ0v) is 23.9. The Morgan fingerprint density at radius 1 is 1.19 bits per heavy atom. The molecule has 2 amide bonds. The summed E-state index contributed by atoms with van der Waals surface area (Å²) < 4.78 is 43.3. The number of alkyl carbamates (subject to hydrolysis) is 1. The van der Waals surface area contributed by atoms with Crippen LogP contribution in [0.2, 0.25) is 0 Å². The molecule has 10 nitrogen and oxygen atoms in total. The number of Topliss-reactive ketones (excluding diaryl/α,β-unsaturated/α-hetero) is 1. The molecule has 1 aromatic heterocycles. The fraction of sp³-hybridized carbons (Fsp3) is 0.600. The van der Waals surface area contributed by atoms with Crippen LogP contribution in [-0.2, 0) is 20.2 Å². The fourth-order valence-corrected chi connectivity index (χ4v) is 5.99. The number of ketones is 1. The highest BCUT2D eigenvalue weighted by atomic mass is 19.3. The second-order valence-corrected chi connectivity index (χ2v) is 11.7. The molecule has 2 bridgehead atoms. The highest BCUT2D eigenvalue weighted by Crippen LogP contribution is 2.42. The van der Waals surface area contributed by atoms with Crippen molar-refractivity contribution in [2.24, 2.45) is 17.8 Å². The molecule has 42 heavy (non-hydrogen) atoms. The van der Waals surface area contributed by atoms with Gasteiger partial charge in [-0.05, 0) is 49.8 Å². The van der Waals surface area contributed by atoms with E-state index < -0.39 is 54.0 Å². The molecule has 3 aliphatic rings. The molecule has 0 spiro atoms. The molecule has 3 heterocycles. The zero-order chi connectivity index (χ0) is 30.2. The minimum absolute atomic E-state index is 0.0646. The third-order valence-corrected chi connectivity index (χ3v) is 8.43. The smallest absolute Gasteiger partial charge is 0.407 e. The maximum atomic E-state index is 15.8. The number of ether oxygens (including phenoxy) is 2. The van der Waals surface area contributed by atoms with Crippen LogP contribution in [0, 0.1) is 29.1 Å². The average Bonchev–Trinajstić information content (AvgIpc) is 3.59. The molecule has 224 valence electrons. The molecule has 5 rings (SSSR count). The molecular weight excluding hydrogens is 548 g/mol. The quantitative estimate of drug-likeness (QED) is 0.559. The largest absolute Gasteiger partial charge is 0.471 e. The molecule has 12 heteroatoms. The Bertz CT molecular complexity index is 1430. The van der Waals surface area contributed by atoms with Gasteiger partial charge in [-0.25, -0.2) is 14.8 Å². The summed E-state index contributed by atoms with van der Waals surface area (Å²) in [6.45, 7) is 4.86. The number of amides is 2. The first kappa shape index (κ1) is 29.6. The number of benzene rings is 1. The van der Waals surface area contributed by atoms with Crippen molar-refractivity contribution in [1.29, 1.82) is 5.26 Å². The molecule has 1 aliphatic carbocycles. The number of halogens is 2. The molecule has 1 aromatic carbocycles. The van der Waals surface area contributed by atoms with E-state index in [1.807, 2.05) is 13.0 Å². The van der Waals surface area contributed by atoms with Crippen LogP contribution in [0.4, 0.5) is 13.6 Å². The van der Waals surface area contributed by atoms with Gasteiger partial charge in [-0.2, -0.15) is 14.0 Å². The first-order chi connectivity index (χ1) is 20.0. The van der Waals surface area contributed by atoms with Gasteiger partial charge in [0.1, 0.15) is 18.8 Å². The summed E-state index contributed by atoms with van der Waals surface area (Å²) in [4.78, 5) is 49.1. The average molecular weight is 584 g/mol. The SMILES string of the molecule is CCC1C2CN(C(=O)CNC(=O)OC3CC3CCCCC(F)(F)c3nc4ccc(C#N)cc4nc3O2)C1C(=O)C(C)C. The van der Waals surface area contributed by atoms with Crippen molar-refractivity contribution in [3.63, 3.8) is 0 Å². The van der Waals surface area contributed by atoms with E-state index in [1.54, 1.807) is 13.8 Å². The standard InChI is InChI=1S/C30H35F2N5O5/c1-4-19-23-15-37(25(19)26(39)16(2)3)24(38)14-34-29(40)42-22-12-18(22)7-5-6-10-30(31,32)27-28(41-23)36-21-11-17(13-33)8-9-20(21)35-27/h8-9,11,16,18-19,22-23,25H,4-7,10,12,14-15H2,1-3H3,(H,34,40). The van der Waals surface area contributed by atoms with Crippen LogP contribution in [-0.4, -0.2) is 64.0 Å². The summed E-state index contributed by atoms with van der Waals surface area (Å²) in [5.74, 6) is -5.28. The van der Waals surface area contributed by atoms with Crippen LogP contribution in [0.1, 0.15) is 70.6 Å². The van der Waals surface area contributed by atoms with Crippen molar-refractivity contribution >= 4 is 28.8 Å². The van der Waals surface area contributed by atoms with Gasteiger partial charge in [0.25, 0.3) is 5.92 Å². The van der Waals surface area contributed by atoms with Crippen LogP contribution in [0.15, 0.2) is 18.2 Å². The molecule has 1 saturated heterocycles. The first-order valence-electron chi connectivity index (χ1n) is 14.6. The van der Waals surface area contributed by atoms with Gasteiger partial charge in [0.15, 0.2) is 11.5 Å². The Morgan fingerprint density at radius 3 is 2.69 bits per heavy atom. The number of carbonyl (C=O) groups excluding carboxylic acids is 3. The van der Waals surface area contributed by atoms with Gasteiger partial charge in [0, 0.05) is 18.3 Å². The highest BCUT2D eigenvalue weighted by molar-refractivity contribution is 5.92. The zero-order valence-electron chi connectivity index (χ0n) is 23.9. The molecule has 5 unspecified atom stereocenters. The van der Waals surface area contributed by atoms with Crippen LogP contribution in [0.3, 0.4) is 0 Å². The predicted molar refractivity (Wildman–Crippen MR) is 147 cm³/mol. The number of aromatic nitrogens is 2. The normalized spacial score (nSPS) is 27.9. The monoisotopic (exact) mass is 583 g/mol. The molecule has 2 aliphatic heterocycles. The van der Waals surface area contributed by atoms with Gasteiger partial charge >= 0.3 is 6.09 Å². The summed E-state index contributed by atoms with van der Waals surface area (Å²) in [5, 5.41) is 11.8. The first-order valence-corrected chi connectivity index (χ1v) is 14.6. The van der Waals surface area contributed by atoms with E-state index in [1.165, 1.54) is 23.1 Å². The Kier molecular flexibility index (Phi) is 8.30. The van der Waals surface area contributed by atoms with Gasteiger partial charge in [0.2, 0.25) is 11.8 Å². The lowest BCUT2D eigenvalue weighted by Gasteiger charge is -2.28. The number of carbonyl (C=O) groups is 3. The number of nitriles is 1. The Hall–Kier alpha value is -3.88. The fourth-order valence-electron chi connectivity index (χ4n) is 5.99. The molecule has 2 fully saturated rings. The second kappa shape index (κ2) is 11.8. The molecule has 2 aromatic rings. The van der Waals surface area contributed by atoms with E-state index >= 15 is 8.78 Å². The van der Waals surface area contributed by atoms with Gasteiger partial charge < -0.3 is 19.7 Å². The van der Waals surface area contributed by atoms with E-state index in [2.05, 4.69) is 15.3 Å². The number of hydrogen-bond acceptors (Lipinski definition) is 8. The van der Waals surface area contributed by atoms with Gasteiger partial charge in [0.05, 0.1) is 35.3 Å². The van der Waals surface area contributed by atoms with E-state index in [0.717, 1.165) is 0 Å². The van der Waals surface area contributed by atoms with E-state index in [0.29, 0.717) is 31.2 Å². The van der Waals surface area contributed by atoms with Crippen LogP contribution < -0.4 is 10.1 Å². The molecule has 1 N–H and O–H groups in total. The maximum Gasteiger partial charge on any atom is 0.407 e. The van der Waals surface area contributed by atoms with Crippen molar-refractivity contribution in [1.82, 2.24) is 20.2 Å². The number of rotatable bonds is 3. The van der Waals surface area contributed by atoms with Gasteiger partial charge in [-0.1, -0.05) is 27.2 Å². The summed E-state index contributed by atoms with van der Waals surface area (Å²) in [6.07, 6.45) is 0.0611. The van der Waals surface area contributed by atoms with Crippen LogP contribution in [0.5, 0.6) is 5.88 Å². The minimum atomic E-state index is -3.38. The van der Waals surface area contributed by atoms with Crippen LogP contribution >= 0.6 is 0 Å². The molecule has 0 radical (unpaired) electrons. The summed E-state index contributed by atoms with van der Waals surface area (Å²) in [7, 11) is 0. The van der Waals surface area contributed by atoms with Crippen LogP contribution in [0.25, 0.3) is 11.0 Å². The lowest BCUT2D eigenvalue weighted by molar-refractivity contribution is -0.139. The van der Waals surface area contributed by atoms with Crippen molar-refractivity contribution < 1.29 is 32.6 Å². The maximum absolute atomic E-state index is 15.8. The number of nitrogens with zero attached hydrogens (tertiary/aromatic N) is 4. The third kappa shape index (κ3) is 6.01. The lowest BCUT2D eigenvalue weighted by atomic mass is 9.88. The summed E-state index contributed by atoms with van der Waals surface area (Å²) >= 11 is 0. The number of hydrogen-bond donors (Lipinski definition) is 1. The summed E-state index contributed by atoms with van der Waals surface area (Å²) in [6, 6.07) is 5.57. The van der Waals surface area contributed by atoms with E-state index in [-0.39, 0.29) is 54.2 Å². The van der Waals surface area contributed by atoms with Crippen molar-refractivity contribution in [2.45, 2.75) is 83.5 Å². The summed E-state index contributed by atoms with van der Waals surface area (Å²) in [5.41, 5.74) is 0.115. The topological polar surface area (TPSA) is 135 Å².